The average Bonchev–Trinajstić information content (AvgIpc) is 2.90. The smallest absolute Gasteiger partial charge is 0.333 e. The second-order valence-electron chi connectivity index (χ2n) is 4.79. The van der Waals surface area contributed by atoms with Crippen molar-refractivity contribution >= 4 is 22.8 Å². The van der Waals surface area contributed by atoms with Gasteiger partial charge in [-0.2, -0.15) is 5.10 Å². The Balaban J connectivity index is 2.31. The van der Waals surface area contributed by atoms with Crippen molar-refractivity contribution in [2.45, 2.75) is 40.3 Å². The first-order chi connectivity index (χ1) is 9.40. The molecule has 0 saturated heterocycles. The van der Waals surface area contributed by atoms with Crippen molar-refractivity contribution in [3.8, 4) is 0 Å². The van der Waals surface area contributed by atoms with Crippen LogP contribution in [0.1, 0.15) is 36.3 Å². The van der Waals surface area contributed by atoms with Crippen molar-refractivity contribution in [3.05, 3.63) is 31.9 Å². The molecule has 0 aliphatic rings. The lowest BCUT2D eigenvalue weighted by Crippen LogP contribution is -2.11. The zero-order valence-corrected chi connectivity index (χ0v) is 12.7. The predicted octanol–water partition coefficient (Wildman–Crippen LogP) is 3.06. The van der Waals surface area contributed by atoms with Gasteiger partial charge in [0.1, 0.15) is 5.69 Å². The van der Waals surface area contributed by atoms with Crippen molar-refractivity contribution in [3.63, 3.8) is 0 Å². The number of rotatable bonds is 5. The summed E-state index contributed by atoms with van der Waals surface area (Å²) in [5, 5.41) is 21.5. The van der Waals surface area contributed by atoms with E-state index in [-0.39, 0.29) is 11.7 Å². The summed E-state index contributed by atoms with van der Waals surface area (Å²) in [7, 11) is 0. The van der Waals surface area contributed by atoms with Crippen molar-refractivity contribution < 1.29 is 4.92 Å². The zero-order chi connectivity index (χ0) is 14.9. The molecule has 20 heavy (non-hydrogen) atoms. The standard InChI is InChI=1S/C12H17N5O2S/c1-7(2)16-12(11(17(18)19)8(3)15-16)13-5-10-6-20-9(4)14-10/h6-7,13H,5H2,1-4H3. The maximum Gasteiger partial charge on any atom is 0.333 e. The van der Waals surface area contributed by atoms with Gasteiger partial charge < -0.3 is 5.32 Å². The van der Waals surface area contributed by atoms with Gasteiger partial charge in [-0.3, -0.25) is 10.1 Å². The molecule has 0 aromatic carbocycles. The molecule has 2 rings (SSSR count). The van der Waals surface area contributed by atoms with Gasteiger partial charge in [0, 0.05) is 11.4 Å². The molecule has 0 aliphatic carbocycles. The van der Waals surface area contributed by atoms with Crippen LogP contribution in [-0.4, -0.2) is 19.7 Å². The van der Waals surface area contributed by atoms with Gasteiger partial charge in [-0.25, -0.2) is 9.67 Å². The van der Waals surface area contributed by atoms with Gasteiger partial charge in [-0.15, -0.1) is 11.3 Å². The largest absolute Gasteiger partial charge is 0.359 e. The highest BCUT2D eigenvalue weighted by Gasteiger charge is 2.26. The number of hydrogen-bond acceptors (Lipinski definition) is 6. The van der Waals surface area contributed by atoms with Crippen LogP contribution in [0.4, 0.5) is 11.5 Å². The molecule has 0 unspecified atom stereocenters. The van der Waals surface area contributed by atoms with Crippen LogP contribution in [-0.2, 0) is 6.54 Å². The third-order valence-electron chi connectivity index (χ3n) is 2.83. The van der Waals surface area contributed by atoms with E-state index in [0.29, 0.717) is 18.1 Å². The maximum absolute atomic E-state index is 11.2. The van der Waals surface area contributed by atoms with Crippen LogP contribution < -0.4 is 5.32 Å². The molecule has 0 amide bonds. The Morgan fingerprint density at radius 1 is 1.50 bits per heavy atom. The lowest BCUT2D eigenvalue weighted by molar-refractivity contribution is -0.384. The van der Waals surface area contributed by atoms with Crippen LogP contribution in [0.5, 0.6) is 0 Å². The normalized spacial score (nSPS) is 11.1. The fraction of sp³-hybridized carbons (Fsp3) is 0.500. The minimum atomic E-state index is -0.393. The number of aryl methyl sites for hydroxylation is 2. The highest BCUT2D eigenvalue weighted by atomic mass is 32.1. The van der Waals surface area contributed by atoms with Crippen LogP contribution in [0, 0.1) is 24.0 Å². The molecular weight excluding hydrogens is 278 g/mol. The van der Waals surface area contributed by atoms with Crippen molar-refractivity contribution in [1.29, 1.82) is 0 Å². The molecule has 2 aromatic heterocycles. The van der Waals surface area contributed by atoms with Gasteiger partial charge in [0.25, 0.3) is 0 Å². The molecule has 0 atom stereocenters. The second-order valence-corrected chi connectivity index (χ2v) is 5.85. The molecule has 0 fully saturated rings. The van der Waals surface area contributed by atoms with Crippen LogP contribution in [0.15, 0.2) is 5.38 Å². The Hall–Kier alpha value is -1.96. The summed E-state index contributed by atoms with van der Waals surface area (Å²) in [4.78, 5) is 15.1. The van der Waals surface area contributed by atoms with Crippen molar-refractivity contribution in [2.24, 2.45) is 0 Å². The van der Waals surface area contributed by atoms with E-state index in [1.54, 1.807) is 22.9 Å². The zero-order valence-electron chi connectivity index (χ0n) is 11.9. The number of nitrogens with one attached hydrogen (secondary N) is 1. The summed E-state index contributed by atoms with van der Waals surface area (Å²) < 4.78 is 1.65. The molecule has 8 heteroatoms. The Labute approximate surface area is 120 Å². The SMILES string of the molecule is Cc1nc(CNc2c([N+](=O)[O-])c(C)nn2C(C)C)cs1. The summed E-state index contributed by atoms with van der Waals surface area (Å²) in [5.41, 5.74) is 1.32. The fourth-order valence-corrected chi connectivity index (χ4v) is 2.57. The van der Waals surface area contributed by atoms with Crippen molar-refractivity contribution in [1.82, 2.24) is 14.8 Å². The van der Waals surface area contributed by atoms with E-state index in [1.807, 2.05) is 26.2 Å². The minimum Gasteiger partial charge on any atom is -0.359 e. The molecule has 0 aliphatic heterocycles. The van der Waals surface area contributed by atoms with E-state index >= 15 is 0 Å². The highest BCUT2D eigenvalue weighted by molar-refractivity contribution is 7.09. The van der Waals surface area contributed by atoms with Gasteiger partial charge in [0.15, 0.2) is 0 Å². The summed E-state index contributed by atoms with van der Waals surface area (Å²) in [6, 6.07) is 0.0436. The lowest BCUT2D eigenvalue weighted by atomic mass is 10.3. The molecule has 108 valence electrons. The molecule has 0 saturated carbocycles. The minimum absolute atomic E-state index is 0.0330. The third-order valence-corrected chi connectivity index (χ3v) is 3.65. The summed E-state index contributed by atoms with van der Waals surface area (Å²) in [5.74, 6) is 0.438. The van der Waals surface area contributed by atoms with Gasteiger partial charge in [0.05, 0.1) is 22.2 Å². The molecular formula is C12H17N5O2S. The second kappa shape index (κ2) is 5.58. The highest BCUT2D eigenvalue weighted by Crippen LogP contribution is 2.30. The number of nitro groups is 1. The summed E-state index contributed by atoms with van der Waals surface area (Å²) >= 11 is 1.56. The van der Waals surface area contributed by atoms with Crippen LogP contribution in [0.25, 0.3) is 0 Å². The van der Waals surface area contributed by atoms with E-state index in [1.165, 1.54) is 0 Å². The van der Waals surface area contributed by atoms with Crippen LogP contribution in [0.2, 0.25) is 0 Å². The molecule has 0 bridgehead atoms. The predicted molar refractivity (Wildman–Crippen MR) is 78.2 cm³/mol. The van der Waals surface area contributed by atoms with E-state index in [0.717, 1.165) is 10.7 Å². The van der Waals surface area contributed by atoms with Gasteiger partial charge in [-0.1, -0.05) is 0 Å². The molecule has 2 aromatic rings. The number of hydrogen-bond donors (Lipinski definition) is 1. The molecule has 0 radical (unpaired) electrons. The number of aromatic nitrogens is 3. The summed E-state index contributed by atoms with van der Waals surface area (Å²) in [6.07, 6.45) is 0. The quantitative estimate of drug-likeness (QED) is 0.676. The first kappa shape index (κ1) is 14.4. The number of anilines is 1. The van der Waals surface area contributed by atoms with E-state index < -0.39 is 4.92 Å². The van der Waals surface area contributed by atoms with E-state index in [2.05, 4.69) is 15.4 Å². The number of nitrogens with zero attached hydrogens (tertiary/aromatic N) is 4. The summed E-state index contributed by atoms with van der Waals surface area (Å²) in [6.45, 7) is 7.90. The Bertz CT molecular complexity index is 632. The van der Waals surface area contributed by atoms with Gasteiger partial charge in [0.2, 0.25) is 5.82 Å². The third kappa shape index (κ3) is 2.79. The van der Waals surface area contributed by atoms with Gasteiger partial charge in [-0.05, 0) is 27.7 Å². The topological polar surface area (TPSA) is 85.9 Å². The Morgan fingerprint density at radius 2 is 2.20 bits per heavy atom. The first-order valence-corrected chi connectivity index (χ1v) is 7.16. The lowest BCUT2D eigenvalue weighted by Gasteiger charge is -2.11. The molecule has 7 nitrogen and oxygen atoms in total. The van der Waals surface area contributed by atoms with Crippen molar-refractivity contribution in [2.75, 3.05) is 5.32 Å². The molecule has 1 N–H and O–H groups in total. The van der Waals surface area contributed by atoms with Crippen LogP contribution in [0.3, 0.4) is 0 Å². The van der Waals surface area contributed by atoms with E-state index in [4.69, 9.17) is 0 Å². The monoisotopic (exact) mass is 295 g/mol. The average molecular weight is 295 g/mol. The number of thiazole rings is 1. The maximum atomic E-state index is 11.2. The van der Waals surface area contributed by atoms with E-state index in [9.17, 15) is 10.1 Å². The van der Waals surface area contributed by atoms with Gasteiger partial charge >= 0.3 is 5.69 Å². The Kier molecular flexibility index (Phi) is 4.03. The fourth-order valence-electron chi connectivity index (χ4n) is 1.96. The molecule has 2 heterocycles. The molecule has 0 spiro atoms. The first-order valence-electron chi connectivity index (χ1n) is 6.28. The Morgan fingerprint density at radius 3 is 2.70 bits per heavy atom. The van der Waals surface area contributed by atoms with Crippen LogP contribution >= 0.6 is 11.3 Å².